The van der Waals surface area contributed by atoms with E-state index in [2.05, 4.69) is 9.97 Å². The van der Waals surface area contributed by atoms with Crippen molar-refractivity contribution in [2.24, 2.45) is 0 Å². The van der Waals surface area contributed by atoms with Gasteiger partial charge in [0.15, 0.2) is 0 Å². The van der Waals surface area contributed by atoms with Crippen LogP contribution in [-0.2, 0) is 0 Å². The number of carboxylic acid groups (broad SMARTS) is 1. The van der Waals surface area contributed by atoms with E-state index in [-0.39, 0.29) is 18.2 Å². The highest BCUT2D eigenvalue weighted by molar-refractivity contribution is 5.93. The van der Waals surface area contributed by atoms with Gasteiger partial charge in [0.1, 0.15) is 17.2 Å². The molecule has 1 heterocycles. The van der Waals surface area contributed by atoms with Gasteiger partial charge in [0.25, 0.3) is 0 Å². The predicted molar refractivity (Wildman–Crippen MR) is 67.9 cm³/mol. The minimum Gasteiger partial charge on any atom is -0.477 e. The number of aromatic carboxylic acids is 1. The third-order valence-electron chi connectivity index (χ3n) is 2.57. The van der Waals surface area contributed by atoms with Crippen molar-refractivity contribution in [2.45, 2.75) is 33.2 Å². The first-order valence-corrected chi connectivity index (χ1v) is 5.91. The largest absolute Gasteiger partial charge is 0.477 e. The zero-order chi connectivity index (χ0) is 13.7. The molecule has 0 bridgehead atoms. The summed E-state index contributed by atoms with van der Waals surface area (Å²) in [6.45, 7) is 6.27. The van der Waals surface area contributed by atoms with E-state index in [1.165, 1.54) is 6.20 Å². The molecule has 1 aromatic rings. The van der Waals surface area contributed by atoms with E-state index in [1.54, 1.807) is 6.92 Å². The summed E-state index contributed by atoms with van der Waals surface area (Å²) in [7, 11) is 0. The lowest BCUT2D eigenvalue weighted by atomic mass is 10.2. The maximum absolute atomic E-state index is 11.2. The number of aryl methyl sites for hydroxylation is 1. The quantitative estimate of drug-likeness (QED) is 0.789. The Balaban J connectivity index is 3.16. The molecule has 6 nitrogen and oxygen atoms in total. The van der Waals surface area contributed by atoms with Crippen LogP contribution in [0.4, 0.5) is 5.82 Å². The van der Waals surface area contributed by atoms with Crippen LogP contribution in [0.15, 0.2) is 6.20 Å². The van der Waals surface area contributed by atoms with Crippen LogP contribution in [0.1, 0.15) is 36.5 Å². The van der Waals surface area contributed by atoms with Crippen molar-refractivity contribution in [1.82, 2.24) is 9.97 Å². The van der Waals surface area contributed by atoms with E-state index >= 15 is 0 Å². The molecular formula is C12H19N3O3. The third-order valence-corrected chi connectivity index (χ3v) is 2.57. The lowest BCUT2D eigenvalue weighted by Crippen LogP contribution is -2.34. The average Bonchev–Trinajstić information content (AvgIpc) is 2.28. The van der Waals surface area contributed by atoms with Crippen molar-refractivity contribution < 1.29 is 15.0 Å². The maximum Gasteiger partial charge on any atom is 0.341 e. The number of hydrogen-bond acceptors (Lipinski definition) is 5. The van der Waals surface area contributed by atoms with Gasteiger partial charge in [-0.05, 0) is 27.2 Å². The summed E-state index contributed by atoms with van der Waals surface area (Å²) in [6.07, 6.45) is 1.90. The summed E-state index contributed by atoms with van der Waals surface area (Å²) < 4.78 is 0. The Hall–Kier alpha value is -1.69. The molecule has 0 aromatic carbocycles. The Morgan fingerprint density at radius 2 is 2.17 bits per heavy atom. The second-order valence-electron chi connectivity index (χ2n) is 4.32. The van der Waals surface area contributed by atoms with Crippen molar-refractivity contribution in [1.29, 1.82) is 0 Å². The van der Waals surface area contributed by atoms with E-state index in [4.69, 9.17) is 10.2 Å². The first-order chi connectivity index (χ1) is 8.47. The van der Waals surface area contributed by atoms with E-state index in [0.717, 1.165) is 0 Å². The smallest absolute Gasteiger partial charge is 0.341 e. The molecule has 0 fully saturated rings. The molecule has 1 aromatic heterocycles. The standard InChI is InChI=1S/C12H19N3O3/c1-8(2)15(5-4-6-16)11-10(12(17)18)7-13-9(3)14-11/h7-8,16H,4-6H2,1-3H3,(H,17,18). The zero-order valence-electron chi connectivity index (χ0n) is 10.9. The topological polar surface area (TPSA) is 86.5 Å². The Morgan fingerprint density at radius 3 is 2.67 bits per heavy atom. The van der Waals surface area contributed by atoms with Crippen LogP contribution in [0.2, 0.25) is 0 Å². The van der Waals surface area contributed by atoms with Crippen LogP contribution in [0.3, 0.4) is 0 Å². The molecule has 0 unspecified atom stereocenters. The summed E-state index contributed by atoms with van der Waals surface area (Å²) >= 11 is 0. The molecule has 0 aliphatic carbocycles. The van der Waals surface area contributed by atoms with E-state index < -0.39 is 5.97 Å². The maximum atomic E-state index is 11.2. The van der Waals surface area contributed by atoms with Gasteiger partial charge < -0.3 is 15.1 Å². The summed E-state index contributed by atoms with van der Waals surface area (Å²) in [5, 5.41) is 18.1. The fourth-order valence-corrected chi connectivity index (χ4v) is 1.68. The SMILES string of the molecule is Cc1ncc(C(=O)O)c(N(CCCO)C(C)C)n1. The first-order valence-electron chi connectivity index (χ1n) is 5.91. The Bertz CT molecular complexity index is 421. The molecule has 0 aliphatic rings. The van der Waals surface area contributed by atoms with Gasteiger partial charge in [-0.25, -0.2) is 14.8 Å². The predicted octanol–water partition coefficient (Wildman–Crippen LogP) is 1.08. The number of anilines is 1. The van der Waals surface area contributed by atoms with Crippen molar-refractivity contribution >= 4 is 11.8 Å². The second-order valence-corrected chi connectivity index (χ2v) is 4.32. The summed E-state index contributed by atoms with van der Waals surface area (Å²) in [5.41, 5.74) is 0.0900. The number of aromatic nitrogens is 2. The fraction of sp³-hybridized carbons (Fsp3) is 0.583. The molecule has 2 N–H and O–H groups in total. The monoisotopic (exact) mass is 253 g/mol. The number of hydrogen-bond donors (Lipinski definition) is 2. The van der Waals surface area contributed by atoms with Crippen LogP contribution < -0.4 is 4.90 Å². The lowest BCUT2D eigenvalue weighted by molar-refractivity contribution is 0.0696. The third kappa shape index (κ3) is 3.40. The van der Waals surface area contributed by atoms with Crippen molar-refractivity contribution in [3.63, 3.8) is 0 Å². The van der Waals surface area contributed by atoms with Crippen molar-refractivity contribution in [3.05, 3.63) is 17.6 Å². The average molecular weight is 253 g/mol. The number of aliphatic hydroxyl groups excluding tert-OH is 1. The second kappa shape index (κ2) is 6.30. The van der Waals surface area contributed by atoms with Gasteiger partial charge in [-0.2, -0.15) is 0 Å². The van der Waals surface area contributed by atoms with Gasteiger partial charge in [-0.15, -0.1) is 0 Å². The van der Waals surface area contributed by atoms with Crippen molar-refractivity contribution in [3.8, 4) is 0 Å². The zero-order valence-corrected chi connectivity index (χ0v) is 10.9. The Morgan fingerprint density at radius 1 is 1.50 bits per heavy atom. The Kier molecular flexibility index (Phi) is 5.03. The van der Waals surface area contributed by atoms with Crippen LogP contribution >= 0.6 is 0 Å². The number of rotatable bonds is 6. The summed E-state index contributed by atoms with van der Waals surface area (Å²) in [6, 6.07) is 0.101. The first kappa shape index (κ1) is 14.4. The van der Waals surface area contributed by atoms with Crippen LogP contribution in [0.5, 0.6) is 0 Å². The molecule has 1 rings (SSSR count). The molecule has 0 saturated heterocycles. The number of carboxylic acids is 1. The van der Waals surface area contributed by atoms with Crippen LogP contribution in [0, 0.1) is 6.92 Å². The molecule has 0 amide bonds. The lowest BCUT2D eigenvalue weighted by Gasteiger charge is -2.28. The molecule has 0 radical (unpaired) electrons. The van der Waals surface area contributed by atoms with Gasteiger partial charge in [0.2, 0.25) is 0 Å². The number of carbonyl (C=O) groups is 1. The number of nitrogens with zero attached hydrogens (tertiary/aromatic N) is 3. The number of aliphatic hydroxyl groups is 1. The molecule has 100 valence electrons. The highest BCUT2D eigenvalue weighted by atomic mass is 16.4. The highest BCUT2D eigenvalue weighted by Crippen LogP contribution is 2.20. The minimum atomic E-state index is -1.04. The Labute approximate surface area is 106 Å². The van der Waals surface area contributed by atoms with Gasteiger partial charge in [0, 0.05) is 25.4 Å². The molecule has 0 aliphatic heterocycles. The van der Waals surface area contributed by atoms with Gasteiger partial charge in [-0.1, -0.05) is 0 Å². The van der Waals surface area contributed by atoms with E-state index in [9.17, 15) is 4.79 Å². The van der Waals surface area contributed by atoms with E-state index in [1.807, 2.05) is 18.7 Å². The fourth-order valence-electron chi connectivity index (χ4n) is 1.68. The highest BCUT2D eigenvalue weighted by Gasteiger charge is 2.20. The van der Waals surface area contributed by atoms with Gasteiger partial charge in [0.05, 0.1) is 0 Å². The molecule has 18 heavy (non-hydrogen) atoms. The molecule has 0 atom stereocenters. The van der Waals surface area contributed by atoms with Crippen LogP contribution in [0.25, 0.3) is 0 Å². The van der Waals surface area contributed by atoms with Crippen LogP contribution in [-0.4, -0.2) is 45.3 Å². The summed E-state index contributed by atoms with van der Waals surface area (Å²) in [5.74, 6) is -0.0947. The molecular weight excluding hydrogens is 234 g/mol. The molecule has 6 heteroatoms. The van der Waals surface area contributed by atoms with Gasteiger partial charge >= 0.3 is 5.97 Å². The van der Waals surface area contributed by atoms with Crippen molar-refractivity contribution in [2.75, 3.05) is 18.1 Å². The normalized spacial score (nSPS) is 10.7. The van der Waals surface area contributed by atoms with E-state index in [0.29, 0.717) is 24.6 Å². The molecule has 0 spiro atoms. The van der Waals surface area contributed by atoms with Gasteiger partial charge in [-0.3, -0.25) is 0 Å². The minimum absolute atomic E-state index is 0.0652. The molecule has 0 saturated carbocycles. The summed E-state index contributed by atoms with van der Waals surface area (Å²) in [4.78, 5) is 21.2.